The largest absolute Gasteiger partial charge is 0.478 e. The first kappa shape index (κ1) is 83.4. The van der Waals surface area contributed by atoms with Crippen LogP contribution in [-0.4, -0.2) is 156 Å². The topological polar surface area (TPSA) is 314 Å². The van der Waals surface area contributed by atoms with Crippen LogP contribution in [0.5, 0.6) is 0 Å². The summed E-state index contributed by atoms with van der Waals surface area (Å²) in [6.45, 7) is 25.3. The number of thioether (sulfide) groups is 3. The number of H-pyrrole nitrogens is 1. The van der Waals surface area contributed by atoms with Gasteiger partial charge in [0.15, 0.2) is 60.4 Å². The predicted octanol–water partition coefficient (Wildman–Crippen LogP) is 15.5. The molecule has 0 radical (unpaired) electrons. The number of imidazole rings is 1. The maximum atomic E-state index is 14.3. The minimum absolute atomic E-state index is 0. The van der Waals surface area contributed by atoms with Gasteiger partial charge >= 0.3 is 5.97 Å². The fourth-order valence-electron chi connectivity index (χ4n) is 25.0. The van der Waals surface area contributed by atoms with E-state index in [-0.39, 0.29) is 152 Å². The number of hydrogen-bond acceptors (Lipinski definition) is 22. The minimum atomic E-state index is -1.55. The second-order valence-electron chi connectivity index (χ2n) is 37.3. The summed E-state index contributed by atoms with van der Waals surface area (Å²) in [5, 5.41) is 70.5. The normalized spacial score (nSPS) is 40.4. The van der Waals surface area contributed by atoms with Gasteiger partial charge in [-0.05, 0) is 212 Å². The molecule has 19 nitrogen and oxygen atoms in total. The van der Waals surface area contributed by atoms with Crippen molar-refractivity contribution in [1.82, 2.24) is 19.9 Å². The number of carbonyl (C=O) groups is 7. The first-order valence-corrected chi connectivity index (χ1v) is 45.0. The monoisotopic (exact) mass is 1630 g/mol. The quantitative estimate of drug-likeness (QED) is 0.0544. The summed E-state index contributed by atoms with van der Waals surface area (Å²) in [6.07, 6.45) is 22.6. The van der Waals surface area contributed by atoms with E-state index in [9.17, 15) is 64.2 Å². The number of aliphatic hydroxyl groups excluding tert-OH is 3. The Morgan fingerprint density at radius 1 is 0.643 bits per heavy atom. The van der Waals surface area contributed by atoms with Crippen molar-refractivity contribution in [2.24, 2.45) is 85.8 Å². The second kappa shape index (κ2) is 30.1. The number of aromatic amines is 1. The lowest BCUT2D eigenvalue weighted by molar-refractivity contribution is -0.197. The zero-order valence-electron chi connectivity index (χ0n) is 66.0. The second-order valence-corrected chi connectivity index (χ2v) is 42.8. The molecule has 15 unspecified atom stereocenters. The number of ketones is 6. The van der Waals surface area contributed by atoms with Gasteiger partial charge in [0.25, 0.3) is 0 Å². The number of nitrogens with zero attached hydrogens (tertiary/aromatic N) is 3. The molecule has 9 saturated carbocycles. The molecule has 0 bridgehead atoms. The summed E-state index contributed by atoms with van der Waals surface area (Å²) in [5.74, 6) is 0.590. The number of hydrogen-bond donors (Lipinski definition) is 7. The van der Waals surface area contributed by atoms with Gasteiger partial charge in [-0.25, -0.2) is 19.7 Å². The SMILES string of the molecule is C.CC(C)(C)c1csc(SCC(=O)[C@@]2(O)CCC3C4CCC5=CC(=O)CCC5(C)C4[C@@H](O)CC32C)n1.CC12C=CC(=O)C=C1CCC1C2[C@@H](O)CC2(C)C1CC[C@]2(O)C(=O)CSc1nc2ccc(C(=O)O)cc2[nH]1.CCC[C@@H]1O[C@@H]2CC3C4CCC5=CC(=O)C=CC5(C)C4[C@@H](O)CC3(C)[C@]2(C(=O)CSc2nc(C)c(C)s2)O1. The molecule has 1 aromatic carbocycles. The van der Waals surface area contributed by atoms with Crippen molar-refractivity contribution in [2.45, 2.75) is 273 Å². The molecule has 4 heterocycles. The Labute approximate surface area is 679 Å². The molecule has 112 heavy (non-hydrogen) atoms. The predicted molar refractivity (Wildman–Crippen MR) is 436 cm³/mol. The van der Waals surface area contributed by atoms with Crippen LogP contribution in [0.1, 0.15) is 219 Å². The van der Waals surface area contributed by atoms with Crippen LogP contribution in [0, 0.1) is 99.6 Å². The van der Waals surface area contributed by atoms with Gasteiger partial charge < -0.3 is 45.1 Å². The molecule has 17 rings (SSSR count). The van der Waals surface area contributed by atoms with Gasteiger partial charge in [0.2, 0.25) is 0 Å². The number of aromatic nitrogens is 4. The van der Waals surface area contributed by atoms with Gasteiger partial charge in [0.1, 0.15) is 11.2 Å². The molecule has 4 aromatic rings. The third-order valence-electron chi connectivity index (χ3n) is 30.8. The van der Waals surface area contributed by atoms with E-state index >= 15 is 0 Å². The number of ether oxygens (including phenoxy) is 2. The molecule has 0 amide bonds. The lowest BCUT2D eigenvalue weighted by atomic mass is 9.45. The highest BCUT2D eigenvalue weighted by molar-refractivity contribution is 8.02. The van der Waals surface area contributed by atoms with E-state index in [0.29, 0.717) is 54.7 Å². The van der Waals surface area contributed by atoms with Crippen molar-refractivity contribution >= 4 is 110 Å². The van der Waals surface area contributed by atoms with Gasteiger partial charge in [-0.1, -0.05) is 147 Å². The highest BCUT2D eigenvalue weighted by Gasteiger charge is 2.76. The molecule has 10 fully saturated rings. The minimum Gasteiger partial charge on any atom is -0.478 e. The molecule has 24 heteroatoms. The Morgan fingerprint density at radius 3 is 1.73 bits per heavy atom. The zero-order chi connectivity index (χ0) is 79.5. The van der Waals surface area contributed by atoms with Crippen molar-refractivity contribution in [1.29, 1.82) is 0 Å². The maximum absolute atomic E-state index is 14.3. The number of thiazole rings is 2. The molecular formula is C88H114N4O15S5. The third-order valence-corrected chi connectivity index (χ3v) is 35.9. The number of Topliss-reactive ketones (excluding diaryl/α,β-unsaturated/α-hetero) is 3. The van der Waals surface area contributed by atoms with Crippen LogP contribution < -0.4 is 0 Å². The highest BCUT2D eigenvalue weighted by Crippen LogP contribution is 2.72. The van der Waals surface area contributed by atoms with Crippen molar-refractivity contribution in [3.8, 4) is 0 Å². The van der Waals surface area contributed by atoms with Crippen molar-refractivity contribution in [2.75, 3.05) is 17.3 Å². The number of aliphatic hydroxyl groups is 5. The number of fused-ring (bicyclic) bond motifs is 18. The number of benzene rings is 1. The molecule has 1 saturated heterocycles. The van der Waals surface area contributed by atoms with Gasteiger partial charge in [0, 0.05) is 61.0 Å². The summed E-state index contributed by atoms with van der Waals surface area (Å²) in [6, 6.07) is 4.62. The van der Waals surface area contributed by atoms with E-state index in [0.717, 1.165) is 108 Å². The van der Waals surface area contributed by atoms with Crippen LogP contribution in [0.4, 0.5) is 0 Å². The molecular weight excluding hydrogens is 1510 g/mol. The number of allylic oxidation sites excluding steroid dienone is 9. The first-order valence-electron chi connectivity index (χ1n) is 40.3. The molecule has 7 N–H and O–H groups in total. The lowest BCUT2D eigenvalue weighted by Gasteiger charge is -2.60. The van der Waals surface area contributed by atoms with E-state index < -0.39 is 57.3 Å². The molecule has 0 spiro atoms. The summed E-state index contributed by atoms with van der Waals surface area (Å²) in [5.41, 5.74) is -0.0668. The number of nitrogens with one attached hydrogen (secondary N) is 1. The summed E-state index contributed by atoms with van der Waals surface area (Å²) in [4.78, 5) is 107. The van der Waals surface area contributed by atoms with Gasteiger partial charge in [-0.15, -0.1) is 22.7 Å². The number of carbonyl (C=O) groups excluding carboxylic acids is 6. The number of carboxylic acid groups (broad SMARTS) is 1. The molecule has 12 aliphatic carbocycles. The summed E-state index contributed by atoms with van der Waals surface area (Å²) < 4.78 is 15.1. The smallest absolute Gasteiger partial charge is 0.335 e. The standard InChI is InChI=1S/C30H39NO5S2.C29H32N2O6S.C28H39NO4S2.CH4/c1-6-7-25-35-24-13-21-20-9-8-18-12-19(32)10-11-28(18,4)26(20)22(33)14-29(21,5)30(24,36-25)23(34)15-37-27-31-16(2)17(3)38-27;1-27-9-7-17(32)12-16(27)4-5-18-19-8-10-29(37,28(19,2)13-22(33)24(18)27)23(34)14-38-26-30-20-6-3-15(25(35)36)11-21(20)31-26;1-25(2,3)21-14-34-24(29-21)35-15-22(32)28(33)11-9-19-18-7-6-16-12-17(30)8-10-26(16,4)23(18)20(31)13-27(19,28)5;/h10-12,20-22,24-26,33H,6-9,13-15H2,1-5H3;3,6-7,9,11-12,18-19,22,24,33,37H,4-5,8,10,13-14H2,1-2H3,(H,30,31)(H,35,36);12,14,18-20,23,31,33H,6-11,13,15H2,1-5H3;1H4/t20?,21?,22-,24+,25+,26?,28?,29?,30+;18?,19?,22-,24?,27?,28?,29-;18?,19?,20-,23?,26?,27?,28-;/m000./s1. The fraction of sp³-hybridized carbons (Fsp3) is 0.659. The summed E-state index contributed by atoms with van der Waals surface area (Å²) in [7, 11) is 0. The first-order chi connectivity index (χ1) is 52.3. The van der Waals surface area contributed by atoms with Crippen LogP contribution in [-0.2, 0) is 43.7 Å². The molecule has 1 aliphatic heterocycles. The average Bonchev–Trinajstić information content (AvgIpc) is 1.42. The third kappa shape index (κ3) is 13.4. The van der Waals surface area contributed by atoms with Crippen molar-refractivity contribution in [3.63, 3.8) is 0 Å². The van der Waals surface area contributed by atoms with Gasteiger partial charge in [-0.2, -0.15) is 0 Å². The molecule has 3 aromatic heterocycles. The van der Waals surface area contributed by atoms with E-state index in [4.69, 9.17) is 14.5 Å². The summed E-state index contributed by atoms with van der Waals surface area (Å²) >= 11 is 7.30. The van der Waals surface area contributed by atoms with E-state index in [1.54, 1.807) is 53.0 Å². The zero-order valence-corrected chi connectivity index (χ0v) is 70.1. The Bertz CT molecular complexity index is 4600. The average molecular weight is 1630 g/mol. The highest BCUT2D eigenvalue weighted by atomic mass is 32.2. The fourth-order valence-corrected chi connectivity index (χ4v) is 30.0. The lowest BCUT2D eigenvalue weighted by Crippen LogP contribution is -2.63. The van der Waals surface area contributed by atoms with Crippen LogP contribution in [0.3, 0.4) is 0 Å². The van der Waals surface area contributed by atoms with Gasteiger partial charge in [-0.3, -0.25) is 28.8 Å². The van der Waals surface area contributed by atoms with Gasteiger partial charge in [0.05, 0.1) is 69.7 Å². The van der Waals surface area contributed by atoms with E-state index in [1.807, 2.05) is 39.0 Å². The van der Waals surface area contributed by atoms with Crippen LogP contribution in [0.15, 0.2) is 96.7 Å². The molecule has 606 valence electrons. The Morgan fingerprint density at radius 2 is 1.18 bits per heavy atom. The van der Waals surface area contributed by atoms with Crippen LogP contribution in [0.25, 0.3) is 11.0 Å². The number of aryl methyl sites for hydroxylation is 2. The number of carboxylic acids is 1. The van der Waals surface area contributed by atoms with Crippen LogP contribution in [0.2, 0.25) is 0 Å². The Kier molecular flexibility index (Phi) is 22.4. The molecule has 13 aliphatic rings. The number of rotatable bonds is 15. The van der Waals surface area contributed by atoms with E-state index in [1.165, 1.54) is 57.9 Å². The Balaban J connectivity index is 0.000000139. The van der Waals surface area contributed by atoms with Crippen molar-refractivity contribution < 1.29 is 73.7 Å². The van der Waals surface area contributed by atoms with Crippen molar-refractivity contribution in [3.05, 3.63) is 105 Å². The van der Waals surface area contributed by atoms with Crippen LogP contribution >= 0.6 is 58.0 Å². The molecule has 23 atom stereocenters. The maximum Gasteiger partial charge on any atom is 0.335 e. The van der Waals surface area contributed by atoms with E-state index in [2.05, 4.69) is 82.6 Å². The number of aromatic carboxylic acids is 1. The Hall–Kier alpha value is -5.09.